The third-order valence-electron chi connectivity index (χ3n) is 2.99. The first-order valence-corrected chi connectivity index (χ1v) is 6.72. The van der Waals surface area contributed by atoms with Crippen LogP contribution in [0, 0.1) is 0 Å². The fourth-order valence-corrected chi connectivity index (χ4v) is 2.72. The highest BCUT2D eigenvalue weighted by Crippen LogP contribution is 2.28. The Bertz CT molecular complexity index is 404. The normalized spacial score (nSPS) is 20.9. The molecule has 1 saturated carbocycles. The van der Waals surface area contributed by atoms with Crippen molar-refractivity contribution < 1.29 is 0 Å². The molecule has 0 saturated heterocycles. The highest BCUT2D eigenvalue weighted by molar-refractivity contribution is 9.10. The van der Waals surface area contributed by atoms with Crippen molar-refractivity contribution in [2.24, 2.45) is 5.73 Å². The van der Waals surface area contributed by atoms with Crippen LogP contribution in [0.4, 0.5) is 0 Å². The summed E-state index contributed by atoms with van der Waals surface area (Å²) in [5.74, 6) is 0. The molecule has 0 spiro atoms. The number of nitrogens with two attached hydrogens (primary N) is 1. The van der Waals surface area contributed by atoms with Crippen LogP contribution in [0.3, 0.4) is 0 Å². The largest absolute Gasteiger partial charge is 0.328 e. The summed E-state index contributed by atoms with van der Waals surface area (Å²) in [7, 11) is 0. The lowest BCUT2D eigenvalue weighted by atomic mass is 9.90. The van der Waals surface area contributed by atoms with E-state index in [0.717, 1.165) is 40.7 Å². The van der Waals surface area contributed by atoms with Gasteiger partial charge in [-0.05, 0) is 43.4 Å². The second-order valence-corrected chi connectivity index (χ2v) is 5.63. The third-order valence-corrected chi connectivity index (χ3v) is 3.82. The highest BCUT2D eigenvalue weighted by atomic mass is 79.9. The Balaban J connectivity index is 2.16. The lowest BCUT2D eigenvalue weighted by Gasteiger charge is -2.20. The van der Waals surface area contributed by atoms with Gasteiger partial charge in [-0.3, -0.25) is 0 Å². The molecule has 1 aliphatic carbocycles. The van der Waals surface area contributed by atoms with Crippen LogP contribution in [-0.4, -0.2) is 6.04 Å². The van der Waals surface area contributed by atoms with Gasteiger partial charge in [0, 0.05) is 15.5 Å². The van der Waals surface area contributed by atoms with E-state index in [2.05, 4.69) is 22.0 Å². The summed E-state index contributed by atoms with van der Waals surface area (Å²) in [4.78, 5) is 0. The van der Waals surface area contributed by atoms with Crippen LogP contribution < -0.4 is 5.73 Å². The van der Waals surface area contributed by atoms with E-state index in [0.29, 0.717) is 6.04 Å². The molecule has 0 unspecified atom stereocenters. The quantitative estimate of drug-likeness (QED) is 0.818. The number of hydrogen-bond donors (Lipinski definition) is 1. The van der Waals surface area contributed by atoms with Crippen molar-refractivity contribution in [1.82, 2.24) is 0 Å². The average molecular weight is 301 g/mol. The molecule has 1 aromatic carbocycles. The van der Waals surface area contributed by atoms with Crippen LogP contribution in [-0.2, 0) is 0 Å². The first-order valence-electron chi connectivity index (χ1n) is 5.55. The second-order valence-electron chi connectivity index (χ2n) is 4.31. The summed E-state index contributed by atoms with van der Waals surface area (Å²) >= 11 is 9.59. The number of rotatable bonds is 1. The first kappa shape index (κ1) is 12.2. The Labute approximate surface area is 110 Å². The maximum absolute atomic E-state index is 6.18. The number of halogens is 2. The third kappa shape index (κ3) is 3.09. The van der Waals surface area contributed by atoms with Crippen molar-refractivity contribution in [2.45, 2.75) is 31.7 Å². The van der Waals surface area contributed by atoms with Gasteiger partial charge in [0.2, 0.25) is 0 Å². The van der Waals surface area contributed by atoms with E-state index in [1.165, 1.54) is 5.57 Å². The Morgan fingerprint density at radius 2 is 2.00 bits per heavy atom. The SMILES string of the molecule is NC1CCC(=Cc2ccc(Br)cc2Cl)CC1. The van der Waals surface area contributed by atoms with Crippen molar-refractivity contribution >= 4 is 33.6 Å². The molecule has 1 aromatic rings. The molecule has 0 heterocycles. The monoisotopic (exact) mass is 299 g/mol. The number of allylic oxidation sites excluding steroid dienone is 1. The minimum Gasteiger partial charge on any atom is -0.328 e. The Hall–Kier alpha value is -0.310. The Kier molecular flexibility index (Phi) is 4.06. The van der Waals surface area contributed by atoms with Crippen LogP contribution in [0.5, 0.6) is 0 Å². The van der Waals surface area contributed by atoms with Gasteiger partial charge >= 0.3 is 0 Å². The summed E-state index contributed by atoms with van der Waals surface area (Å²) in [6, 6.07) is 6.39. The molecular weight excluding hydrogens is 286 g/mol. The van der Waals surface area contributed by atoms with Gasteiger partial charge < -0.3 is 5.73 Å². The van der Waals surface area contributed by atoms with Gasteiger partial charge in [-0.25, -0.2) is 0 Å². The molecule has 1 fully saturated rings. The lowest BCUT2D eigenvalue weighted by molar-refractivity contribution is 0.514. The van der Waals surface area contributed by atoms with Gasteiger partial charge in [-0.2, -0.15) is 0 Å². The summed E-state index contributed by atoms with van der Waals surface area (Å²) in [6.07, 6.45) is 6.61. The summed E-state index contributed by atoms with van der Waals surface area (Å²) in [5.41, 5.74) is 8.45. The fourth-order valence-electron chi connectivity index (χ4n) is 1.99. The second kappa shape index (κ2) is 5.35. The molecular formula is C13H15BrClN. The molecule has 0 bridgehead atoms. The summed E-state index contributed by atoms with van der Waals surface area (Å²) in [5, 5.41) is 0.803. The van der Waals surface area contributed by atoms with E-state index >= 15 is 0 Å². The smallest absolute Gasteiger partial charge is 0.0489 e. The Morgan fingerprint density at radius 3 is 2.62 bits per heavy atom. The van der Waals surface area contributed by atoms with Gasteiger partial charge in [-0.1, -0.05) is 45.2 Å². The zero-order valence-electron chi connectivity index (χ0n) is 9.05. The molecule has 1 nitrogen and oxygen atoms in total. The average Bonchev–Trinajstić information content (AvgIpc) is 2.25. The number of benzene rings is 1. The van der Waals surface area contributed by atoms with Gasteiger partial charge in [0.25, 0.3) is 0 Å². The minimum atomic E-state index is 0.387. The van der Waals surface area contributed by atoms with Gasteiger partial charge in [0.15, 0.2) is 0 Å². The van der Waals surface area contributed by atoms with E-state index in [9.17, 15) is 0 Å². The van der Waals surface area contributed by atoms with Crippen LogP contribution in [0.25, 0.3) is 6.08 Å². The van der Waals surface area contributed by atoms with Gasteiger partial charge in [-0.15, -0.1) is 0 Å². The topological polar surface area (TPSA) is 26.0 Å². The molecule has 0 atom stereocenters. The van der Waals surface area contributed by atoms with Crippen molar-refractivity contribution in [2.75, 3.05) is 0 Å². The van der Waals surface area contributed by atoms with E-state index < -0.39 is 0 Å². The molecule has 2 N–H and O–H groups in total. The van der Waals surface area contributed by atoms with Crippen molar-refractivity contribution in [3.8, 4) is 0 Å². The van der Waals surface area contributed by atoms with Crippen LogP contribution in [0.1, 0.15) is 31.2 Å². The molecule has 3 heteroatoms. The predicted octanol–water partition coefficient (Wildman–Crippen LogP) is 4.39. The minimum absolute atomic E-state index is 0.387. The van der Waals surface area contributed by atoms with E-state index in [1.54, 1.807) is 0 Å². The molecule has 0 radical (unpaired) electrons. The summed E-state index contributed by atoms with van der Waals surface area (Å²) < 4.78 is 1.02. The maximum Gasteiger partial charge on any atom is 0.0489 e. The molecule has 2 rings (SSSR count). The zero-order valence-corrected chi connectivity index (χ0v) is 11.4. The summed E-state index contributed by atoms with van der Waals surface area (Å²) in [6.45, 7) is 0. The molecule has 86 valence electrons. The Morgan fingerprint density at radius 1 is 1.31 bits per heavy atom. The van der Waals surface area contributed by atoms with Crippen molar-refractivity contribution in [1.29, 1.82) is 0 Å². The van der Waals surface area contributed by atoms with Crippen LogP contribution in [0.15, 0.2) is 28.2 Å². The van der Waals surface area contributed by atoms with Crippen molar-refractivity contribution in [3.63, 3.8) is 0 Å². The van der Waals surface area contributed by atoms with Gasteiger partial charge in [0.1, 0.15) is 0 Å². The molecule has 0 amide bonds. The number of hydrogen-bond acceptors (Lipinski definition) is 1. The predicted molar refractivity (Wildman–Crippen MR) is 73.6 cm³/mol. The van der Waals surface area contributed by atoms with Crippen LogP contribution in [0.2, 0.25) is 5.02 Å². The van der Waals surface area contributed by atoms with Crippen LogP contribution >= 0.6 is 27.5 Å². The first-order chi connectivity index (χ1) is 7.65. The highest BCUT2D eigenvalue weighted by Gasteiger charge is 2.12. The molecule has 0 aliphatic heterocycles. The lowest BCUT2D eigenvalue weighted by Crippen LogP contribution is -2.23. The van der Waals surface area contributed by atoms with Gasteiger partial charge in [0.05, 0.1) is 0 Å². The molecule has 1 aliphatic rings. The standard InChI is InChI=1S/C13H15BrClN/c14-11-4-3-10(13(15)8-11)7-9-1-5-12(16)6-2-9/h3-4,7-8,12H,1-2,5-6,16H2. The molecule has 16 heavy (non-hydrogen) atoms. The van der Waals surface area contributed by atoms with E-state index in [1.807, 2.05) is 18.2 Å². The van der Waals surface area contributed by atoms with Crippen molar-refractivity contribution in [3.05, 3.63) is 38.8 Å². The van der Waals surface area contributed by atoms with E-state index in [-0.39, 0.29) is 0 Å². The van der Waals surface area contributed by atoms with E-state index in [4.69, 9.17) is 17.3 Å². The fraction of sp³-hybridized carbons (Fsp3) is 0.385. The zero-order chi connectivity index (χ0) is 11.5. The molecule has 0 aromatic heterocycles. The maximum atomic E-state index is 6.18.